The first kappa shape index (κ1) is 22.8. The maximum absolute atomic E-state index is 12.7. The molecule has 1 saturated heterocycles. The summed E-state index contributed by atoms with van der Waals surface area (Å²) in [4.78, 5) is 19.5. The average molecular weight is 446 g/mol. The van der Waals surface area contributed by atoms with Gasteiger partial charge in [0, 0.05) is 31.4 Å². The van der Waals surface area contributed by atoms with Crippen LogP contribution in [-0.4, -0.2) is 42.1 Å². The quantitative estimate of drug-likeness (QED) is 0.548. The lowest BCUT2D eigenvalue weighted by atomic mass is 10.1. The minimum atomic E-state index is -0.104. The van der Waals surface area contributed by atoms with Crippen LogP contribution in [0.4, 0.5) is 0 Å². The van der Waals surface area contributed by atoms with E-state index in [1.54, 1.807) is 7.11 Å². The van der Waals surface area contributed by atoms with Crippen molar-refractivity contribution in [3.63, 3.8) is 0 Å². The second-order valence-corrected chi connectivity index (χ2v) is 8.41. The topological polar surface area (TPSA) is 63.7 Å². The van der Waals surface area contributed by atoms with Gasteiger partial charge in [-0.2, -0.15) is 0 Å². The van der Waals surface area contributed by atoms with Gasteiger partial charge < -0.3 is 14.8 Å². The molecule has 1 aliphatic rings. The van der Waals surface area contributed by atoms with Crippen molar-refractivity contribution in [2.24, 2.45) is 0 Å². The van der Waals surface area contributed by atoms with E-state index in [0.29, 0.717) is 5.56 Å². The number of likely N-dealkylation sites (tertiary alicyclic amines) is 1. The number of carbonyl (C=O) groups excluding carboxylic acids is 1. The Morgan fingerprint density at radius 2 is 1.73 bits per heavy atom. The first-order valence-corrected chi connectivity index (χ1v) is 11.4. The van der Waals surface area contributed by atoms with Gasteiger partial charge in [-0.3, -0.25) is 14.7 Å². The van der Waals surface area contributed by atoms with Crippen LogP contribution in [0.25, 0.3) is 0 Å². The Bertz CT molecular complexity index is 1010. The Kier molecular flexibility index (Phi) is 7.58. The molecule has 0 unspecified atom stereocenters. The molecule has 1 N–H and O–H groups in total. The summed E-state index contributed by atoms with van der Waals surface area (Å²) >= 11 is 0. The summed E-state index contributed by atoms with van der Waals surface area (Å²) in [5.41, 5.74) is 2.75. The molecule has 1 amide bonds. The van der Waals surface area contributed by atoms with Crippen molar-refractivity contribution in [3.8, 4) is 11.5 Å². The number of nitrogens with zero attached hydrogens (tertiary/aromatic N) is 2. The molecule has 33 heavy (non-hydrogen) atoms. The van der Waals surface area contributed by atoms with Gasteiger partial charge in [-0.15, -0.1) is 0 Å². The van der Waals surface area contributed by atoms with E-state index in [1.165, 1.54) is 0 Å². The molecule has 0 radical (unpaired) electrons. The first-order valence-electron chi connectivity index (χ1n) is 11.4. The number of methoxy groups -OCH3 is 1. The molecule has 3 aromatic rings. The maximum atomic E-state index is 12.7. The molecule has 4 rings (SSSR count). The van der Waals surface area contributed by atoms with Crippen LogP contribution in [0.3, 0.4) is 0 Å². The van der Waals surface area contributed by atoms with Crippen LogP contribution < -0.4 is 14.8 Å². The van der Waals surface area contributed by atoms with Gasteiger partial charge in [0.2, 0.25) is 0 Å². The highest BCUT2D eigenvalue weighted by Gasteiger charge is 2.21. The molecule has 6 heteroatoms. The minimum Gasteiger partial charge on any atom is -0.497 e. The summed E-state index contributed by atoms with van der Waals surface area (Å²) < 4.78 is 11.4. The highest BCUT2D eigenvalue weighted by molar-refractivity contribution is 5.94. The summed E-state index contributed by atoms with van der Waals surface area (Å²) in [5.74, 6) is 1.50. The highest BCUT2D eigenvalue weighted by Crippen LogP contribution is 2.22. The number of rotatable bonds is 8. The Morgan fingerprint density at radius 3 is 2.36 bits per heavy atom. The summed E-state index contributed by atoms with van der Waals surface area (Å²) in [6.07, 6.45) is 4.00. The number of benzene rings is 2. The van der Waals surface area contributed by atoms with Crippen LogP contribution >= 0.6 is 0 Å². The SMILES string of the molecule is COc1ccc([C@@H](C)NC(=O)c2ccc(OC3CCN(Cc4ccccn4)CC3)cc2)cc1. The van der Waals surface area contributed by atoms with E-state index in [4.69, 9.17) is 9.47 Å². The van der Waals surface area contributed by atoms with Crippen molar-refractivity contribution >= 4 is 5.91 Å². The fraction of sp³-hybridized carbons (Fsp3) is 0.333. The van der Waals surface area contributed by atoms with Crippen LogP contribution in [0.2, 0.25) is 0 Å². The van der Waals surface area contributed by atoms with Crippen LogP contribution in [0, 0.1) is 0 Å². The van der Waals surface area contributed by atoms with Crippen LogP contribution in [0.5, 0.6) is 11.5 Å². The monoisotopic (exact) mass is 445 g/mol. The second-order valence-electron chi connectivity index (χ2n) is 8.41. The van der Waals surface area contributed by atoms with Gasteiger partial charge in [-0.25, -0.2) is 0 Å². The van der Waals surface area contributed by atoms with E-state index in [-0.39, 0.29) is 18.1 Å². The van der Waals surface area contributed by atoms with Gasteiger partial charge in [0.25, 0.3) is 5.91 Å². The number of pyridine rings is 1. The van der Waals surface area contributed by atoms with Crippen molar-refractivity contribution in [2.45, 2.75) is 38.5 Å². The average Bonchev–Trinajstić information content (AvgIpc) is 2.86. The minimum absolute atomic E-state index is 0.101. The molecule has 2 aromatic carbocycles. The van der Waals surface area contributed by atoms with Crippen LogP contribution in [0.15, 0.2) is 72.9 Å². The van der Waals surface area contributed by atoms with E-state index >= 15 is 0 Å². The predicted octanol–water partition coefficient (Wildman–Crippen LogP) is 4.62. The summed E-state index contributed by atoms with van der Waals surface area (Å²) in [6, 6.07) is 21.1. The first-order chi connectivity index (χ1) is 16.1. The van der Waals surface area contributed by atoms with Gasteiger partial charge >= 0.3 is 0 Å². The summed E-state index contributed by atoms with van der Waals surface area (Å²) in [6.45, 7) is 4.83. The molecule has 1 aliphatic heterocycles. The largest absolute Gasteiger partial charge is 0.497 e. The molecule has 1 atom stereocenters. The molecular weight excluding hydrogens is 414 g/mol. The van der Waals surface area contributed by atoms with Crippen molar-refractivity contribution in [1.82, 2.24) is 15.2 Å². The zero-order chi connectivity index (χ0) is 23.0. The number of aromatic nitrogens is 1. The van der Waals surface area contributed by atoms with E-state index in [2.05, 4.69) is 21.3 Å². The number of carbonyl (C=O) groups is 1. The van der Waals surface area contributed by atoms with Crippen molar-refractivity contribution < 1.29 is 14.3 Å². The molecule has 0 spiro atoms. The second kappa shape index (κ2) is 11.0. The molecule has 2 heterocycles. The van der Waals surface area contributed by atoms with Gasteiger partial charge in [0.1, 0.15) is 17.6 Å². The molecule has 1 aromatic heterocycles. The highest BCUT2D eigenvalue weighted by atomic mass is 16.5. The third kappa shape index (κ3) is 6.33. The van der Waals surface area contributed by atoms with E-state index in [9.17, 15) is 4.79 Å². The number of nitrogens with one attached hydrogen (secondary N) is 1. The zero-order valence-electron chi connectivity index (χ0n) is 19.2. The number of hydrogen-bond acceptors (Lipinski definition) is 5. The Balaban J connectivity index is 1.24. The standard InChI is InChI=1S/C27H31N3O3/c1-20(21-6-10-24(32-2)11-7-21)29-27(31)22-8-12-25(13-9-22)33-26-14-17-30(18-15-26)19-23-5-3-4-16-28-23/h3-13,16,20,26H,14-15,17-19H2,1-2H3,(H,29,31)/t20-/m1/s1. The molecular formula is C27H31N3O3. The van der Waals surface area contributed by atoms with Gasteiger partial charge in [0.15, 0.2) is 0 Å². The molecule has 1 fully saturated rings. The number of ether oxygens (including phenoxy) is 2. The van der Waals surface area contributed by atoms with Crippen LogP contribution in [0.1, 0.15) is 47.4 Å². The van der Waals surface area contributed by atoms with Crippen molar-refractivity contribution in [2.75, 3.05) is 20.2 Å². The summed E-state index contributed by atoms with van der Waals surface area (Å²) in [7, 11) is 1.64. The Labute approximate surface area is 195 Å². The van der Waals surface area contributed by atoms with Gasteiger partial charge in [0.05, 0.1) is 18.8 Å². The van der Waals surface area contributed by atoms with Gasteiger partial charge in [-0.05, 0) is 73.9 Å². The fourth-order valence-corrected chi connectivity index (χ4v) is 4.04. The number of amides is 1. The summed E-state index contributed by atoms with van der Waals surface area (Å²) in [5, 5.41) is 3.04. The molecule has 0 saturated carbocycles. The lowest BCUT2D eigenvalue weighted by molar-refractivity contribution is 0.0937. The Morgan fingerprint density at radius 1 is 1.03 bits per heavy atom. The third-order valence-corrected chi connectivity index (χ3v) is 6.03. The maximum Gasteiger partial charge on any atom is 0.251 e. The molecule has 0 aliphatic carbocycles. The molecule has 0 bridgehead atoms. The lowest BCUT2D eigenvalue weighted by Gasteiger charge is -2.31. The zero-order valence-corrected chi connectivity index (χ0v) is 19.2. The van der Waals surface area contributed by atoms with Crippen molar-refractivity contribution in [1.29, 1.82) is 0 Å². The van der Waals surface area contributed by atoms with Crippen LogP contribution in [-0.2, 0) is 6.54 Å². The van der Waals surface area contributed by atoms with Crippen molar-refractivity contribution in [3.05, 3.63) is 89.7 Å². The fourth-order valence-electron chi connectivity index (χ4n) is 4.04. The predicted molar refractivity (Wildman–Crippen MR) is 128 cm³/mol. The number of hydrogen-bond donors (Lipinski definition) is 1. The molecule has 172 valence electrons. The van der Waals surface area contributed by atoms with Gasteiger partial charge in [-0.1, -0.05) is 18.2 Å². The smallest absolute Gasteiger partial charge is 0.251 e. The lowest BCUT2D eigenvalue weighted by Crippen LogP contribution is -2.37. The molecule has 6 nitrogen and oxygen atoms in total. The van der Waals surface area contributed by atoms with E-state index in [0.717, 1.165) is 55.2 Å². The van der Waals surface area contributed by atoms with E-state index in [1.807, 2.05) is 73.8 Å². The normalized spacial score (nSPS) is 15.6. The van der Waals surface area contributed by atoms with E-state index < -0.39 is 0 Å². The third-order valence-electron chi connectivity index (χ3n) is 6.03. The number of piperidine rings is 1. The Hall–Kier alpha value is -3.38.